The molecule has 5 nitrogen and oxygen atoms in total. The van der Waals surface area contributed by atoms with Crippen molar-refractivity contribution in [2.45, 2.75) is 32.9 Å². The van der Waals surface area contributed by atoms with Gasteiger partial charge >= 0.3 is 0 Å². The molecule has 0 bridgehead atoms. The maximum Gasteiger partial charge on any atom is 0.236 e. The smallest absolute Gasteiger partial charge is 0.236 e. The second-order valence-electron chi connectivity index (χ2n) is 7.55. The second-order valence-corrected chi connectivity index (χ2v) is 7.55. The van der Waals surface area contributed by atoms with E-state index in [0.29, 0.717) is 24.8 Å². The highest BCUT2D eigenvalue weighted by Crippen LogP contribution is 2.33. The van der Waals surface area contributed by atoms with Crippen LogP contribution in [-0.2, 0) is 17.8 Å². The van der Waals surface area contributed by atoms with E-state index in [-0.39, 0.29) is 11.9 Å². The third-order valence-electron chi connectivity index (χ3n) is 5.37. The molecule has 1 aliphatic heterocycles. The van der Waals surface area contributed by atoms with Crippen molar-refractivity contribution < 1.29 is 14.3 Å². The molecule has 1 aliphatic rings. The van der Waals surface area contributed by atoms with Crippen LogP contribution < -0.4 is 14.8 Å². The Labute approximate surface area is 167 Å². The van der Waals surface area contributed by atoms with E-state index in [9.17, 15) is 4.79 Å². The van der Waals surface area contributed by atoms with Crippen LogP contribution in [0.5, 0.6) is 11.5 Å². The average Bonchev–Trinajstić information content (AvgIpc) is 2.72. The Bertz CT molecular complexity index is 805. The van der Waals surface area contributed by atoms with Crippen molar-refractivity contribution in [3.8, 4) is 11.5 Å². The molecule has 1 amide bonds. The summed E-state index contributed by atoms with van der Waals surface area (Å²) in [7, 11) is 3.28. The number of fused-ring (bicyclic) bond motifs is 1. The van der Waals surface area contributed by atoms with Gasteiger partial charge in [-0.3, -0.25) is 4.79 Å². The molecule has 0 aromatic heterocycles. The predicted octanol–water partition coefficient (Wildman–Crippen LogP) is 3.58. The van der Waals surface area contributed by atoms with E-state index in [1.165, 1.54) is 11.1 Å². The first kappa shape index (κ1) is 20.2. The molecule has 1 N–H and O–H groups in total. The van der Waals surface area contributed by atoms with Crippen LogP contribution in [0.3, 0.4) is 0 Å². The van der Waals surface area contributed by atoms with Crippen molar-refractivity contribution in [2.75, 3.05) is 27.3 Å². The summed E-state index contributed by atoms with van der Waals surface area (Å²) in [5.41, 5.74) is 3.56. The summed E-state index contributed by atoms with van der Waals surface area (Å²) >= 11 is 0. The number of carbonyl (C=O) groups excluding carboxylic acids is 1. The molecule has 1 heterocycles. The quantitative estimate of drug-likeness (QED) is 0.795. The van der Waals surface area contributed by atoms with Crippen molar-refractivity contribution >= 4 is 5.91 Å². The zero-order chi connectivity index (χ0) is 20.1. The molecule has 1 unspecified atom stereocenters. The van der Waals surface area contributed by atoms with E-state index in [1.54, 1.807) is 14.2 Å². The summed E-state index contributed by atoms with van der Waals surface area (Å²) in [4.78, 5) is 14.8. The molecule has 0 radical (unpaired) electrons. The number of rotatable bonds is 7. The van der Waals surface area contributed by atoms with Crippen LogP contribution in [0.25, 0.3) is 0 Å². The van der Waals surface area contributed by atoms with Gasteiger partial charge in [0.25, 0.3) is 0 Å². The molecule has 2 aromatic rings. The fraction of sp³-hybridized carbons (Fsp3) is 0.435. The highest BCUT2D eigenvalue weighted by Gasteiger charge is 2.24. The van der Waals surface area contributed by atoms with Gasteiger partial charge < -0.3 is 19.7 Å². The lowest BCUT2D eigenvalue weighted by atomic mass is 9.96. The third-order valence-corrected chi connectivity index (χ3v) is 5.37. The van der Waals surface area contributed by atoms with E-state index in [2.05, 4.69) is 31.3 Å². The highest BCUT2D eigenvalue weighted by molar-refractivity contribution is 5.78. The molecule has 3 rings (SSSR count). The summed E-state index contributed by atoms with van der Waals surface area (Å²) in [5, 5.41) is 3.46. The van der Waals surface area contributed by atoms with Gasteiger partial charge in [0.05, 0.1) is 20.8 Å². The first-order valence-electron chi connectivity index (χ1n) is 9.83. The van der Waals surface area contributed by atoms with Crippen LogP contribution in [-0.4, -0.2) is 38.1 Å². The predicted molar refractivity (Wildman–Crippen MR) is 111 cm³/mol. The van der Waals surface area contributed by atoms with Crippen LogP contribution in [0.1, 0.15) is 36.6 Å². The van der Waals surface area contributed by atoms with Crippen LogP contribution in [0.4, 0.5) is 0 Å². The van der Waals surface area contributed by atoms with Gasteiger partial charge in [0.1, 0.15) is 0 Å². The van der Waals surface area contributed by atoms with Gasteiger partial charge in [0.15, 0.2) is 11.5 Å². The van der Waals surface area contributed by atoms with Gasteiger partial charge in [0, 0.05) is 19.1 Å². The number of amides is 1. The van der Waals surface area contributed by atoms with Crippen molar-refractivity contribution in [1.82, 2.24) is 10.2 Å². The van der Waals surface area contributed by atoms with Gasteiger partial charge in [-0.15, -0.1) is 0 Å². The Kier molecular flexibility index (Phi) is 6.57. The van der Waals surface area contributed by atoms with Crippen LogP contribution in [0.15, 0.2) is 42.5 Å². The SMILES string of the molecule is COc1cc2c(cc1OC)CN(C(=O)CNC(c1ccccc1)C(C)C)CC2. The number of carbonyl (C=O) groups is 1. The van der Waals surface area contributed by atoms with Crippen molar-refractivity contribution in [3.63, 3.8) is 0 Å². The Morgan fingerprint density at radius 3 is 2.32 bits per heavy atom. The summed E-state index contributed by atoms with van der Waals surface area (Å²) < 4.78 is 10.8. The fourth-order valence-corrected chi connectivity index (χ4v) is 3.80. The maximum atomic E-state index is 12.9. The molecule has 0 fully saturated rings. The fourth-order valence-electron chi connectivity index (χ4n) is 3.80. The largest absolute Gasteiger partial charge is 0.493 e. The zero-order valence-corrected chi connectivity index (χ0v) is 17.2. The van der Waals surface area contributed by atoms with Gasteiger partial charge in [-0.25, -0.2) is 0 Å². The summed E-state index contributed by atoms with van der Waals surface area (Å²) in [6.45, 7) is 6.01. The minimum absolute atomic E-state index is 0.127. The normalized spacial score (nSPS) is 14.5. The van der Waals surface area contributed by atoms with Gasteiger partial charge in [-0.05, 0) is 41.2 Å². The van der Waals surface area contributed by atoms with E-state index in [1.807, 2.05) is 35.2 Å². The van der Waals surface area contributed by atoms with E-state index >= 15 is 0 Å². The van der Waals surface area contributed by atoms with Crippen molar-refractivity contribution in [3.05, 3.63) is 59.2 Å². The zero-order valence-electron chi connectivity index (χ0n) is 17.2. The molecule has 1 atom stereocenters. The molecule has 150 valence electrons. The molecule has 28 heavy (non-hydrogen) atoms. The minimum atomic E-state index is 0.127. The number of hydrogen-bond donors (Lipinski definition) is 1. The lowest BCUT2D eigenvalue weighted by Gasteiger charge is -2.31. The monoisotopic (exact) mass is 382 g/mol. The Morgan fingerprint density at radius 1 is 1.07 bits per heavy atom. The summed E-state index contributed by atoms with van der Waals surface area (Å²) in [5.74, 6) is 1.97. The second kappa shape index (κ2) is 9.11. The topological polar surface area (TPSA) is 50.8 Å². The Morgan fingerprint density at radius 2 is 1.71 bits per heavy atom. The van der Waals surface area contributed by atoms with Crippen LogP contribution >= 0.6 is 0 Å². The number of nitrogens with zero attached hydrogens (tertiary/aromatic N) is 1. The third kappa shape index (κ3) is 4.47. The highest BCUT2D eigenvalue weighted by atomic mass is 16.5. The van der Waals surface area contributed by atoms with Crippen molar-refractivity contribution in [1.29, 1.82) is 0 Å². The molecular formula is C23H30N2O3. The van der Waals surface area contributed by atoms with Crippen LogP contribution in [0, 0.1) is 5.92 Å². The van der Waals surface area contributed by atoms with Gasteiger partial charge in [-0.2, -0.15) is 0 Å². The first-order valence-corrected chi connectivity index (χ1v) is 9.83. The maximum absolute atomic E-state index is 12.9. The van der Waals surface area contributed by atoms with Crippen LogP contribution in [0.2, 0.25) is 0 Å². The van der Waals surface area contributed by atoms with Gasteiger partial charge in [0.2, 0.25) is 5.91 Å². The Balaban J connectivity index is 1.66. The molecule has 0 aliphatic carbocycles. The molecule has 5 heteroatoms. The average molecular weight is 383 g/mol. The number of ether oxygens (including phenoxy) is 2. The molecule has 0 saturated carbocycles. The molecule has 0 saturated heterocycles. The molecule has 2 aromatic carbocycles. The van der Waals surface area contributed by atoms with Gasteiger partial charge in [-0.1, -0.05) is 44.2 Å². The lowest BCUT2D eigenvalue weighted by molar-refractivity contribution is -0.131. The summed E-state index contributed by atoms with van der Waals surface area (Å²) in [6.07, 6.45) is 0.827. The Hall–Kier alpha value is -2.53. The lowest BCUT2D eigenvalue weighted by Crippen LogP contribution is -2.42. The standard InChI is InChI=1S/C23H30N2O3/c1-16(2)23(17-8-6-5-7-9-17)24-14-22(26)25-11-10-18-12-20(27-3)21(28-4)13-19(18)15-25/h5-9,12-13,16,23-24H,10-11,14-15H2,1-4H3. The van der Waals surface area contributed by atoms with E-state index in [4.69, 9.17) is 9.47 Å². The number of nitrogens with one attached hydrogen (secondary N) is 1. The summed E-state index contributed by atoms with van der Waals surface area (Å²) in [6, 6.07) is 14.5. The molecule has 0 spiro atoms. The first-order chi connectivity index (χ1) is 13.5. The van der Waals surface area contributed by atoms with Crippen molar-refractivity contribution in [2.24, 2.45) is 5.92 Å². The number of benzene rings is 2. The number of hydrogen-bond acceptors (Lipinski definition) is 4. The van der Waals surface area contributed by atoms with E-state index < -0.39 is 0 Å². The van der Waals surface area contributed by atoms with E-state index in [0.717, 1.165) is 24.3 Å². The number of methoxy groups -OCH3 is 2. The minimum Gasteiger partial charge on any atom is -0.493 e. The molecular weight excluding hydrogens is 352 g/mol.